The number of nitrogens with zero attached hydrogens (tertiary/aromatic N) is 3. The summed E-state index contributed by atoms with van der Waals surface area (Å²) in [4.78, 5) is 50.9. The van der Waals surface area contributed by atoms with Crippen molar-refractivity contribution < 1.29 is 24.0 Å². The van der Waals surface area contributed by atoms with E-state index in [-0.39, 0.29) is 29.7 Å². The summed E-state index contributed by atoms with van der Waals surface area (Å²) in [7, 11) is 0. The van der Waals surface area contributed by atoms with Crippen molar-refractivity contribution in [3.63, 3.8) is 0 Å². The van der Waals surface area contributed by atoms with Crippen molar-refractivity contribution in [1.29, 1.82) is 0 Å². The van der Waals surface area contributed by atoms with Crippen molar-refractivity contribution >= 4 is 28.7 Å². The first-order chi connectivity index (χ1) is 18.7. The molecule has 4 amide bonds. The van der Waals surface area contributed by atoms with Crippen LogP contribution in [0.5, 0.6) is 0 Å². The van der Waals surface area contributed by atoms with E-state index in [2.05, 4.69) is 9.97 Å². The number of aromatic nitrogens is 2. The molecule has 11 nitrogen and oxygen atoms in total. The number of rotatable bonds is 8. The fourth-order valence-corrected chi connectivity index (χ4v) is 5.20. The summed E-state index contributed by atoms with van der Waals surface area (Å²) in [6.07, 6.45) is 6.14. The lowest BCUT2D eigenvalue weighted by Crippen LogP contribution is -2.54. The monoisotopic (exact) mass is 538 g/mol. The molecule has 3 aromatic rings. The Bertz CT molecular complexity index is 1310. The van der Waals surface area contributed by atoms with E-state index in [9.17, 15) is 19.6 Å². The van der Waals surface area contributed by atoms with Gasteiger partial charge in [-0.25, -0.2) is 20.2 Å². The molecule has 0 bridgehead atoms. The lowest BCUT2D eigenvalue weighted by Gasteiger charge is -2.34. The Kier molecular flexibility index (Phi) is 9.03. The second kappa shape index (κ2) is 12.4. The van der Waals surface area contributed by atoms with Crippen LogP contribution in [0.15, 0.2) is 34.9 Å². The highest BCUT2D eigenvalue weighted by Crippen LogP contribution is 2.32. The second-order valence-corrected chi connectivity index (χ2v) is 10.6. The average Bonchev–Trinajstić information content (AvgIpc) is 3.39. The summed E-state index contributed by atoms with van der Waals surface area (Å²) in [5, 5.41) is 10.1. The maximum absolute atomic E-state index is 14.2. The summed E-state index contributed by atoms with van der Waals surface area (Å²) in [6, 6.07) is 5.38. The second-order valence-electron chi connectivity index (χ2n) is 10.6. The Labute approximate surface area is 227 Å². The number of aryl methyl sites for hydroxylation is 1. The topological polar surface area (TPSA) is 158 Å². The number of aromatic amines is 1. The van der Waals surface area contributed by atoms with Crippen LogP contribution in [0.2, 0.25) is 0 Å². The maximum atomic E-state index is 14.2. The third-order valence-corrected chi connectivity index (χ3v) is 7.18. The van der Waals surface area contributed by atoms with E-state index >= 15 is 0 Å². The number of hydrogen-bond donors (Lipinski definition) is 4. The number of hydroxylamine groups is 1. The largest absolute Gasteiger partial charge is 0.443 e. The van der Waals surface area contributed by atoms with Gasteiger partial charge in [0.25, 0.3) is 5.91 Å². The lowest BCUT2D eigenvalue weighted by atomic mass is 10.00. The molecule has 0 unspecified atom stereocenters. The lowest BCUT2D eigenvalue weighted by molar-refractivity contribution is -0.133. The number of nitrogens with two attached hydrogens (primary N) is 1. The van der Waals surface area contributed by atoms with Gasteiger partial charge in [-0.3, -0.25) is 14.8 Å². The molecule has 0 spiro atoms. The zero-order valence-corrected chi connectivity index (χ0v) is 22.8. The molecular weight excluding hydrogens is 500 g/mol. The average molecular weight is 539 g/mol. The summed E-state index contributed by atoms with van der Waals surface area (Å²) < 4.78 is 5.92. The van der Waals surface area contributed by atoms with Gasteiger partial charge in [-0.15, -0.1) is 0 Å². The van der Waals surface area contributed by atoms with Crippen molar-refractivity contribution in [1.82, 2.24) is 25.2 Å². The van der Waals surface area contributed by atoms with Gasteiger partial charge < -0.3 is 20.0 Å². The maximum Gasteiger partial charge on any atom is 0.327 e. The van der Waals surface area contributed by atoms with Gasteiger partial charge >= 0.3 is 6.03 Å². The summed E-state index contributed by atoms with van der Waals surface area (Å²) in [6.45, 7) is 6.54. The predicted molar refractivity (Wildman–Crippen MR) is 145 cm³/mol. The number of amides is 4. The van der Waals surface area contributed by atoms with E-state index in [1.807, 2.05) is 44.3 Å². The van der Waals surface area contributed by atoms with Crippen LogP contribution in [0.1, 0.15) is 79.7 Å². The minimum atomic E-state index is -0.982. The Morgan fingerprint density at radius 2 is 1.87 bits per heavy atom. The Morgan fingerprint density at radius 1 is 1.18 bits per heavy atom. The molecule has 3 heterocycles. The number of carbonyl (C=O) groups excluding carboxylic acids is 3. The zero-order valence-electron chi connectivity index (χ0n) is 22.8. The van der Waals surface area contributed by atoms with Crippen molar-refractivity contribution in [3.05, 3.63) is 53.4 Å². The first-order valence-corrected chi connectivity index (χ1v) is 13.6. The number of carbonyl (C=O) groups is 3. The van der Waals surface area contributed by atoms with Gasteiger partial charge in [-0.05, 0) is 43.7 Å². The molecule has 1 fully saturated rings. The molecule has 1 saturated heterocycles. The predicted octanol–water partition coefficient (Wildman–Crippen LogP) is 4.07. The molecule has 2 atom stereocenters. The van der Waals surface area contributed by atoms with E-state index in [1.165, 1.54) is 11.8 Å². The summed E-state index contributed by atoms with van der Waals surface area (Å²) in [5.41, 5.74) is 9.59. The van der Waals surface area contributed by atoms with Gasteiger partial charge in [0.05, 0.1) is 6.04 Å². The standard InChI is InChI=1S/C28H38N6O5/c1-17(2)14-21(29)27(36)34(28(37)33-12-8-4-5-9-13-33)23(26-31-24(18(3)39-26)25(35)32-38)15-19-16-30-22-11-7-6-10-20(19)22/h6-7,10-11,16-17,21,23,30,38H,4-5,8-9,12-15,29H2,1-3H3,(H,32,35)/t21-,23+/m0/s1. The molecule has 4 rings (SSSR count). The Hall–Kier alpha value is -3.70. The first-order valence-electron chi connectivity index (χ1n) is 13.6. The van der Waals surface area contributed by atoms with Crippen LogP contribution in [0.3, 0.4) is 0 Å². The van der Waals surface area contributed by atoms with E-state index in [4.69, 9.17) is 10.2 Å². The smallest absolute Gasteiger partial charge is 0.327 e. The first kappa shape index (κ1) is 28.3. The van der Waals surface area contributed by atoms with Crippen molar-refractivity contribution in [3.8, 4) is 0 Å². The minimum Gasteiger partial charge on any atom is -0.443 e. The van der Waals surface area contributed by atoms with Crippen LogP contribution in [0, 0.1) is 12.8 Å². The SMILES string of the molecule is Cc1oc([C@@H](Cc2c[nH]c3ccccc23)N(C(=O)[C@@H](N)CC(C)C)C(=O)N2CCCCCC2)nc1C(=O)NO. The summed E-state index contributed by atoms with van der Waals surface area (Å²) in [5.74, 6) is -1.06. The van der Waals surface area contributed by atoms with Crippen LogP contribution < -0.4 is 11.2 Å². The van der Waals surface area contributed by atoms with Crippen LogP contribution in [-0.4, -0.2) is 62.0 Å². The van der Waals surface area contributed by atoms with Crippen molar-refractivity contribution in [2.75, 3.05) is 13.1 Å². The quantitative estimate of drug-likeness (QED) is 0.249. The molecule has 5 N–H and O–H groups in total. The minimum absolute atomic E-state index is 0.0182. The third-order valence-electron chi connectivity index (χ3n) is 7.18. The number of benzene rings is 1. The number of hydrogen-bond acceptors (Lipinski definition) is 7. The molecule has 1 aliphatic heterocycles. The van der Waals surface area contributed by atoms with Gasteiger partial charge in [0, 0.05) is 36.6 Å². The van der Waals surface area contributed by atoms with Gasteiger partial charge in [0.15, 0.2) is 5.69 Å². The fraction of sp³-hybridized carbons (Fsp3) is 0.500. The fourth-order valence-electron chi connectivity index (χ4n) is 5.20. The van der Waals surface area contributed by atoms with Gasteiger partial charge in [-0.1, -0.05) is 44.9 Å². The molecule has 1 aromatic carbocycles. The molecule has 2 aromatic heterocycles. The highest BCUT2D eigenvalue weighted by atomic mass is 16.5. The van der Waals surface area contributed by atoms with Gasteiger partial charge in [0.2, 0.25) is 11.8 Å². The molecular formula is C28H38N6O5. The normalized spacial score (nSPS) is 15.7. The number of H-pyrrole nitrogens is 1. The number of para-hydroxylation sites is 1. The summed E-state index contributed by atoms with van der Waals surface area (Å²) >= 11 is 0. The van der Waals surface area contributed by atoms with Crippen LogP contribution in [0.25, 0.3) is 10.9 Å². The van der Waals surface area contributed by atoms with Gasteiger partial charge in [0.1, 0.15) is 11.8 Å². The Morgan fingerprint density at radius 3 is 2.54 bits per heavy atom. The molecule has 1 aliphatic rings. The molecule has 39 heavy (non-hydrogen) atoms. The van der Waals surface area contributed by atoms with E-state index in [0.717, 1.165) is 42.1 Å². The molecule has 0 aliphatic carbocycles. The number of likely N-dealkylation sites (tertiary alicyclic amines) is 1. The number of imide groups is 1. The Balaban J connectivity index is 1.83. The van der Waals surface area contributed by atoms with E-state index in [0.29, 0.717) is 19.5 Å². The van der Waals surface area contributed by atoms with E-state index < -0.39 is 29.9 Å². The van der Waals surface area contributed by atoms with Crippen molar-refractivity contribution in [2.24, 2.45) is 11.7 Å². The number of fused-ring (bicyclic) bond motifs is 1. The highest BCUT2D eigenvalue weighted by molar-refractivity contribution is 5.98. The highest BCUT2D eigenvalue weighted by Gasteiger charge is 2.40. The van der Waals surface area contributed by atoms with Crippen LogP contribution >= 0.6 is 0 Å². The molecule has 210 valence electrons. The van der Waals surface area contributed by atoms with Crippen LogP contribution in [0.4, 0.5) is 4.79 Å². The molecule has 11 heteroatoms. The van der Waals surface area contributed by atoms with Crippen LogP contribution in [-0.2, 0) is 11.2 Å². The molecule has 0 radical (unpaired) electrons. The zero-order chi connectivity index (χ0) is 28.1. The number of nitrogens with one attached hydrogen (secondary N) is 2. The van der Waals surface area contributed by atoms with E-state index in [1.54, 1.807) is 10.4 Å². The molecule has 0 saturated carbocycles. The number of oxazole rings is 1. The third kappa shape index (κ3) is 6.31. The van der Waals surface area contributed by atoms with Gasteiger partial charge in [-0.2, -0.15) is 0 Å². The van der Waals surface area contributed by atoms with Crippen molar-refractivity contribution in [2.45, 2.75) is 71.4 Å². The number of urea groups is 1.